The van der Waals surface area contributed by atoms with Crippen molar-refractivity contribution >= 4 is 69.1 Å². The minimum atomic E-state index is -5.56. The lowest BCUT2D eigenvalue weighted by molar-refractivity contribution is -0.137. The number of carbonyl (C=O) groups excluding carboxylic acids is 3. The van der Waals surface area contributed by atoms with Crippen LogP contribution < -0.4 is 16.4 Å². The highest BCUT2D eigenvalue weighted by Gasteiger charge is 2.50. The first-order chi connectivity index (χ1) is 25.5. The number of imidazole rings is 1. The fourth-order valence-electron chi connectivity index (χ4n) is 4.97. The largest absolute Gasteiger partial charge is 0.481 e. The summed E-state index contributed by atoms with van der Waals surface area (Å²) in [6.45, 7) is 4.36. The highest BCUT2D eigenvalue weighted by molar-refractivity contribution is 8.13. The average molecular weight is 866 g/mol. The Hall–Kier alpha value is -2.44. The third-order valence-corrected chi connectivity index (χ3v) is 12.1. The number of rotatable bonds is 22. The summed E-state index contributed by atoms with van der Waals surface area (Å²) in [6.07, 6.45) is -5.23. The van der Waals surface area contributed by atoms with E-state index in [1.165, 1.54) is 13.8 Å². The molecule has 8 atom stereocenters. The monoisotopic (exact) mass is 865 g/mol. The molecule has 0 saturated carbocycles. The second kappa shape index (κ2) is 19.8. The zero-order chi connectivity index (χ0) is 41.4. The van der Waals surface area contributed by atoms with E-state index in [0.717, 1.165) is 41.8 Å². The molecule has 0 aromatic carbocycles. The molecular formula is C27H46N7O17P3S. The number of aromatic nitrogens is 4. The molecule has 1 aliphatic rings. The Morgan fingerprint density at radius 3 is 2.40 bits per heavy atom. The Balaban J connectivity index is 1.50. The number of carbonyl (C=O) groups is 3. The highest BCUT2D eigenvalue weighted by Crippen LogP contribution is 2.61. The number of phosphoric ester groups is 3. The molecule has 0 aliphatic carbocycles. The fraction of sp³-hybridized carbons (Fsp3) is 0.704. The van der Waals surface area contributed by atoms with Gasteiger partial charge in [0.05, 0.1) is 19.5 Å². The lowest BCUT2D eigenvalue weighted by Crippen LogP contribution is -2.46. The van der Waals surface area contributed by atoms with Crippen molar-refractivity contribution in [2.45, 2.75) is 77.6 Å². The fourth-order valence-corrected chi connectivity index (χ4v) is 8.61. The maximum Gasteiger partial charge on any atom is 0.481 e. The zero-order valence-electron chi connectivity index (χ0n) is 30.1. The van der Waals surface area contributed by atoms with Gasteiger partial charge in [0.15, 0.2) is 22.8 Å². The zero-order valence-corrected chi connectivity index (χ0v) is 33.6. The number of nitrogen functional groups attached to an aromatic ring is 1. The molecule has 2 amide bonds. The molecular weight excluding hydrogens is 819 g/mol. The molecule has 0 spiro atoms. The maximum absolute atomic E-state index is 12.7. The number of phosphoric acid groups is 3. The van der Waals surface area contributed by atoms with Gasteiger partial charge in [-0.05, 0) is 6.42 Å². The van der Waals surface area contributed by atoms with Crippen LogP contribution in [0.3, 0.4) is 0 Å². The molecule has 1 saturated heterocycles. The molecule has 1 fully saturated rings. The number of ether oxygens (including phenoxy) is 1. The Kier molecular flexibility index (Phi) is 16.9. The molecule has 6 unspecified atom stereocenters. The van der Waals surface area contributed by atoms with E-state index < -0.39 is 84.6 Å². The van der Waals surface area contributed by atoms with Crippen LogP contribution in [0.4, 0.5) is 5.82 Å². The molecule has 2 aromatic heterocycles. The number of nitrogens with zero attached hydrogens (tertiary/aromatic N) is 4. The van der Waals surface area contributed by atoms with Crippen LogP contribution in [0.1, 0.15) is 53.2 Å². The van der Waals surface area contributed by atoms with E-state index in [9.17, 15) is 57.9 Å². The molecule has 10 N–H and O–H groups in total. The predicted molar refractivity (Wildman–Crippen MR) is 191 cm³/mol. The van der Waals surface area contributed by atoms with E-state index in [1.807, 2.05) is 13.8 Å². The Labute approximate surface area is 318 Å². The molecule has 24 nitrogen and oxygen atoms in total. The standard InChI is InChI=1S/C27H46N7O17P3S/c1-5-6-15(2)26(39)55-10-9-29-17(35)7-8-30-24(38)21(37)27(3,4)12-48-54(45,46)51-53(43,44)47-11-16-20(50-52(40,41)42)19(36)25(49-16)34-14-33-18-22(28)31-13-32-23(18)34/h13-16,19-21,25,36-37H,5-12H2,1-4H3,(H,29,35)(H,30,38)(H,43,44)(H,45,46)(H2,28,31,32)(H2,40,41,42)/t15?,16?,19-,20-,21?,25?/m1/s1. The van der Waals surface area contributed by atoms with E-state index in [4.69, 9.17) is 19.5 Å². The van der Waals surface area contributed by atoms with Crippen molar-refractivity contribution in [3.05, 3.63) is 12.7 Å². The summed E-state index contributed by atoms with van der Waals surface area (Å²) in [5, 5.41) is 26.4. The van der Waals surface area contributed by atoms with Gasteiger partial charge < -0.3 is 50.9 Å². The lowest BCUT2D eigenvalue weighted by Gasteiger charge is -2.30. The van der Waals surface area contributed by atoms with Crippen molar-refractivity contribution < 1.29 is 80.5 Å². The van der Waals surface area contributed by atoms with Crippen LogP contribution in [0.5, 0.6) is 0 Å². The SMILES string of the molecule is CCCC(C)C(=O)SCCNC(=O)CCNC(=O)C(O)C(C)(C)COP(=O)(O)OP(=O)(O)OCC1OC(n2cnc3c(N)ncnc32)[C@H](O)[C@@H]1OP(=O)(O)O. The number of aliphatic hydroxyl groups excluding tert-OH is 2. The first-order valence-electron chi connectivity index (χ1n) is 16.5. The number of aliphatic hydroxyl groups is 2. The van der Waals surface area contributed by atoms with Crippen LogP contribution in [-0.4, -0.2) is 123 Å². The van der Waals surface area contributed by atoms with Gasteiger partial charge in [-0.1, -0.05) is 45.9 Å². The van der Waals surface area contributed by atoms with Crippen LogP contribution in [0.15, 0.2) is 12.7 Å². The smallest absolute Gasteiger partial charge is 0.386 e. The number of amides is 2. The van der Waals surface area contributed by atoms with E-state index in [-0.39, 0.29) is 47.5 Å². The topological polar surface area (TPSA) is 364 Å². The number of nitrogens with two attached hydrogens (primary N) is 1. The Morgan fingerprint density at radius 1 is 1.07 bits per heavy atom. The minimum absolute atomic E-state index is 0.0316. The van der Waals surface area contributed by atoms with Gasteiger partial charge in [-0.3, -0.25) is 32.5 Å². The average Bonchev–Trinajstić information content (AvgIpc) is 3.64. The van der Waals surface area contributed by atoms with Crippen LogP contribution in [0.25, 0.3) is 11.2 Å². The molecule has 312 valence electrons. The van der Waals surface area contributed by atoms with Crippen molar-refractivity contribution in [3.63, 3.8) is 0 Å². The molecule has 1 aliphatic heterocycles. The van der Waals surface area contributed by atoms with Crippen molar-refractivity contribution in [1.82, 2.24) is 30.2 Å². The Morgan fingerprint density at radius 2 is 1.75 bits per heavy atom. The number of fused-ring (bicyclic) bond motifs is 1. The Bertz CT molecular complexity index is 1800. The molecule has 3 rings (SSSR count). The molecule has 28 heteroatoms. The third kappa shape index (κ3) is 14.2. The van der Waals surface area contributed by atoms with E-state index in [0.29, 0.717) is 5.75 Å². The molecule has 0 radical (unpaired) electrons. The summed E-state index contributed by atoms with van der Waals surface area (Å²) in [4.78, 5) is 87.5. The van der Waals surface area contributed by atoms with Gasteiger partial charge in [-0.15, -0.1) is 0 Å². The van der Waals surface area contributed by atoms with Crippen LogP contribution in [-0.2, 0) is 50.7 Å². The molecule has 2 aromatic rings. The minimum Gasteiger partial charge on any atom is -0.386 e. The summed E-state index contributed by atoms with van der Waals surface area (Å²) in [6, 6.07) is 0. The van der Waals surface area contributed by atoms with Gasteiger partial charge in [-0.2, -0.15) is 4.31 Å². The van der Waals surface area contributed by atoms with Gasteiger partial charge >= 0.3 is 23.5 Å². The normalized spacial score (nSPS) is 22.4. The third-order valence-electron chi connectivity index (χ3n) is 7.87. The first kappa shape index (κ1) is 46.9. The van der Waals surface area contributed by atoms with Crippen molar-refractivity contribution in [3.8, 4) is 0 Å². The number of hydrogen-bond acceptors (Lipinski definition) is 18. The van der Waals surface area contributed by atoms with Gasteiger partial charge in [0.1, 0.15) is 36.3 Å². The summed E-state index contributed by atoms with van der Waals surface area (Å²) in [5.41, 5.74) is 4.27. The van der Waals surface area contributed by atoms with Crippen molar-refractivity contribution in [1.29, 1.82) is 0 Å². The van der Waals surface area contributed by atoms with Gasteiger partial charge in [0, 0.05) is 36.6 Å². The predicted octanol–water partition coefficient (Wildman–Crippen LogP) is 0.101. The molecule has 3 heterocycles. The summed E-state index contributed by atoms with van der Waals surface area (Å²) >= 11 is 1.12. The second-order valence-corrected chi connectivity index (χ2v) is 18.3. The van der Waals surface area contributed by atoms with Gasteiger partial charge in [0.2, 0.25) is 11.8 Å². The highest BCUT2D eigenvalue weighted by atomic mass is 32.2. The quantitative estimate of drug-likeness (QED) is 0.0560. The van der Waals surface area contributed by atoms with Gasteiger partial charge in [0.25, 0.3) is 0 Å². The summed E-state index contributed by atoms with van der Waals surface area (Å²) in [7, 11) is -16.4. The molecule has 55 heavy (non-hydrogen) atoms. The number of anilines is 1. The summed E-state index contributed by atoms with van der Waals surface area (Å²) < 4.78 is 62.1. The summed E-state index contributed by atoms with van der Waals surface area (Å²) in [5.74, 6) is -1.14. The molecule has 0 bridgehead atoms. The van der Waals surface area contributed by atoms with E-state index in [2.05, 4.69) is 34.4 Å². The van der Waals surface area contributed by atoms with Crippen molar-refractivity contribution in [2.75, 3.05) is 37.8 Å². The van der Waals surface area contributed by atoms with Crippen molar-refractivity contribution in [2.24, 2.45) is 11.3 Å². The van der Waals surface area contributed by atoms with Gasteiger partial charge in [-0.25, -0.2) is 28.6 Å². The number of thioether (sulfide) groups is 1. The van der Waals surface area contributed by atoms with E-state index >= 15 is 0 Å². The first-order valence-corrected chi connectivity index (χ1v) is 22.0. The maximum atomic E-state index is 12.7. The van der Waals surface area contributed by atoms with Crippen LogP contribution in [0.2, 0.25) is 0 Å². The second-order valence-electron chi connectivity index (χ2n) is 12.9. The van der Waals surface area contributed by atoms with Crippen LogP contribution in [0, 0.1) is 11.3 Å². The number of nitrogens with one attached hydrogen (secondary N) is 2. The van der Waals surface area contributed by atoms with E-state index in [1.54, 1.807) is 0 Å². The van der Waals surface area contributed by atoms with Crippen LogP contribution >= 0.6 is 35.2 Å². The lowest BCUT2D eigenvalue weighted by atomic mass is 9.87. The number of hydrogen-bond donors (Lipinski definition) is 9.